The van der Waals surface area contributed by atoms with Crippen LogP contribution in [0.4, 0.5) is 0 Å². The summed E-state index contributed by atoms with van der Waals surface area (Å²) in [4.78, 5) is 15.1. The number of pyridine rings is 1. The van der Waals surface area contributed by atoms with Crippen LogP contribution in [-0.2, 0) is 11.3 Å². The summed E-state index contributed by atoms with van der Waals surface area (Å²) in [5, 5.41) is 5.52. The van der Waals surface area contributed by atoms with Crippen LogP contribution in [0.5, 0.6) is 0 Å². The number of carbonyl (C=O) groups excluding carboxylic acids is 1. The number of nitrogens with zero attached hydrogens (tertiary/aromatic N) is 1. The van der Waals surface area contributed by atoms with Gasteiger partial charge in [-0.25, -0.2) is 4.98 Å². The quantitative estimate of drug-likeness (QED) is 0.781. The monoisotopic (exact) mass is 257 g/mol. The molecule has 1 amide bonds. The van der Waals surface area contributed by atoms with Crippen molar-refractivity contribution >= 4 is 21.8 Å². The number of rotatable bonds is 4. The standard InChI is InChI=1S/C9H12BrN3O/c1-11-9(14)6-12-5-7-3-2-4-8(10)13-7/h2-4,12H,5-6H2,1H3,(H,11,14). The molecule has 0 bridgehead atoms. The lowest BCUT2D eigenvalue weighted by molar-refractivity contribution is -0.119. The first-order valence-electron chi connectivity index (χ1n) is 4.25. The summed E-state index contributed by atoms with van der Waals surface area (Å²) < 4.78 is 0.803. The molecular weight excluding hydrogens is 246 g/mol. The van der Waals surface area contributed by atoms with Crippen molar-refractivity contribution in [3.05, 3.63) is 28.5 Å². The lowest BCUT2D eigenvalue weighted by Crippen LogP contribution is -2.31. The highest BCUT2D eigenvalue weighted by atomic mass is 79.9. The van der Waals surface area contributed by atoms with E-state index in [9.17, 15) is 4.79 Å². The number of hydrogen-bond acceptors (Lipinski definition) is 3. The van der Waals surface area contributed by atoms with E-state index in [1.165, 1.54) is 0 Å². The van der Waals surface area contributed by atoms with Crippen LogP contribution in [0.25, 0.3) is 0 Å². The minimum Gasteiger partial charge on any atom is -0.358 e. The van der Waals surface area contributed by atoms with Crippen LogP contribution in [0.15, 0.2) is 22.8 Å². The first kappa shape index (κ1) is 11.1. The fraction of sp³-hybridized carbons (Fsp3) is 0.333. The van der Waals surface area contributed by atoms with Crippen LogP contribution in [0, 0.1) is 0 Å². The number of likely N-dealkylation sites (N-methyl/N-ethyl adjacent to an activating group) is 1. The van der Waals surface area contributed by atoms with Crippen LogP contribution in [0.3, 0.4) is 0 Å². The van der Waals surface area contributed by atoms with E-state index < -0.39 is 0 Å². The molecule has 5 heteroatoms. The molecule has 76 valence electrons. The summed E-state index contributed by atoms with van der Waals surface area (Å²) in [5.41, 5.74) is 0.906. The lowest BCUT2D eigenvalue weighted by atomic mass is 10.3. The molecule has 0 aromatic carbocycles. The summed E-state index contributed by atoms with van der Waals surface area (Å²) in [6.07, 6.45) is 0. The normalized spacial score (nSPS) is 9.86. The van der Waals surface area contributed by atoms with Crippen LogP contribution in [-0.4, -0.2) is 24.5 Å². The van der Waals surface area contributed by atoms with Gasteiger partial charge in [0.15, 0.2) is 0 Å². The van der Waals surface area contributed by atoms with Crippen molar-refractivity contribution < 1.29 is 4.79 Å². The van der Waals surface area contributed by atoms with Gasteiger partial charge in [0.25, 0.3) is 0 Å². The average molecular weight is 258 g/mol. The fourth-order valence-electron chi connectivity index (χ4n) is 0.941. The summed E-state index contributed by atoms with van der Waals surface area (Å²) in [6.45, 7) is 0.900. The number of amides is 1. The van der Waals surface area contributed by atoms with Gasteiger partial charge < -0.3 is 10.6 Å². The highest BCUT2D eigenvalue weighted by molar-refractivity contribution is 9.10. The Balaban J connectivity index is 2.35. The molecule has 0 aliphatic rings. The van der Waals surface area contributed by atoms with Gasteiger partial charge >= 0.3 is 0 Å². The number of hydrogen-bond donors (Lipinski definition) is 2. The molecule has 14 heavy (non-hydrogen) atoms. The molecule has 0 aliphatic heterocycles. The second-order valence-corrected chi connectivity index (χ2v) is 3.54. The van der Waals surface area contributed by atoms with Crippen LogP contribution in [0.1, 0.15) is 5.69 Å². The van der Waals surface area contributed by atoms with Crippen molar-refractivity contribution in [2.75, 3.05) is 13.6 Å². The molecule has 0 aliphatic carbocycles. The number of halogens is 1. The van der Waals surface area contributed by atoms with Crippen LogP contribution < -0.4 is 10.6 Å². The third-order valence-corrected chi connectivity index (χ3v) is 2.08. The molecule has 0 spiro atoms. The third-order valence-electron chi connectivity index (χ3n) is 1.64. The highest BCUT2D eigenvalue weighted by Crippen LogP contribution is 2.05. The summed E-state index contributed by atoms with van der Waals surface area (Å²) in [6, 6.07) is 5.68. The number of nitrogens with one attached hydrogen (secondary N) is 2. The van der Waals surface area contributed by atoms with E-state index in [2.05, 4.69) is 31.5 Å². The van der Waals surface area contributed by atoms with E-state index in [1.807, 2.05) is 18.2 Å². The molecule has 0 saturated heterocycles. The zero-order chi connectivity index (χ0) is 10.4. The minimum absolute atomic E-state index is 0.0278. The molecule has 4 nitrogen and oxygen atoms in total. The highest BCUT2D eigenvalue weighted by Gasteiger charge is 1.98. The zero-order valence-corrected chi connectivity index (χ0v) is 9.47. The van der Waals surface area contributed by atoms with Gasteiger partial charge in [0, 0.05) is 13.6 Å². The van der Waals surface area contributed by atoms with Crippen molar-refractivity contribution in [3.63, 3.8) is 0 Å². The van der Waals surface area contributed by atoms with Gasteiger partial charge in [-0.05, 0) is 28.1 Å². The second kappa shape index (κ2) is 5.72. The molecule has 0 radical (unpaired) electrons. The van der Waals surface area contributed by atoms with Crippen LogP contribution >= 0.6 is 15.9 Å². The van der Waals surface area contributed by atoms with Crippen molar-refractivity contribution in [1.29, 1.82) is 0 Å². The maximum atomic E-state index is 10.9. The topological polar surface area (TPSA) is 54.0 Å². The smallest absolute Gasteiger partial charge is 0.233 e. The SMILES string of the molecule is CNC(=O)CNCc1cccc(Br)n1. The zero-order valence-electron chi connectivity index (χ0n) is 7.88. The van der Waals surface area contributed by atoms with Crippen molar-refractivity contribution in [3.8, 4) is 0 Å². The van der Waals surface area contributed by atoms with Gasteiger partial charge in [-0.2, -0.15) is 0 Å². The Kier molecular flexibility index (Phi) is 4.55. The molecule has 1 rings (SSSR count). The molecular formula is C9H12BrN3O. The van der Waals surface area contributed by atoms with Crippen molar-refractivity contribution in [2.24, 2.45) is 0 Å². The third kappa shape index (κ3) is 3.85. The molecule has 1 aromatic heterocycles. The molecule has 0 unspecified atom stereocenters. The predicted molar refractivity (Wildman–Crippen MR) is 57.7 cm³/mol. The first-order valence-corrected chi connectivity index (χ1v) is 5.04. The van der Waals surface area contributed by atoms with Gasteiger partial charge in [0.1, 0.15) is 4.60 Å². The fourth-order valence-corrected chi connectivity index (χ4v) is 1.32. The van der Waals surface area contributed by atoms with Gasteiger partial charge in [-0.3, -0.25) is 4.79 Å². The molecule has 2 N–H and O–H groups in total. The van der Waals surface area contributed by atoms with Gasteiger partial charge in [-0.1, -0.05) is 6.07 Å². The van der Waals surface area contributed by atoms with Gasteiger partial charge in [-0.15, -0.1) is 0 Å². The Labute approximate surface area is 91.2 Å². The summed E-state index contributed by atoms with van der Waals surface area (Å²) in [5.74, 6) is -0.0278. The van der Waals surface area contributed by atoms with E-state index in [0.717, 1.165) is 10.3 Å². The Hall–Kier alpha value is -0.940. The summed E-state index contributed by atoms with van der Waals surface area (Å²) >= 11 is 3.28. The van der Waals surface area contributed by atoms with E-state index in [-0.39, 0.29) is 5.91 Å². The van der Waals surface area contributed by atoms with Crippen LogP contribution in [0.2, 0.25) is 0 Å². The average Bonchev–Trinajstić information content (AvgIpc) is 2.17. The molecule has 0 saturated carbocycles. The first-order chi connectivity index (χ1) is 6.72. The Morgan fingerprint density at radius 3 is 3.00 bits per heavy atom. The molecule has 1 heterocycles. The second-order valence-electron chi connectivity index (χ2n) is 2.73. The molecule has 1 aromatic rings. The predicted octanol–water partition coefficient (Wildman–Crippen LogP) is 0.680. The minimum atomic E-state index is -0.0278. The van der Waals surface area contributed by atoms with Crippen molar-refractivity contribution in [2.45, 2.75) is 6.54 Å². The molecule has 0 atom stereocenters. The van der Waals surface area contributed by atoms with E-state index in [1.54, 1.807) is 7.05 Å². The summed E-state index contributed by atoms with van der Waals surface area (Å²) in [7, 11) is 1.61. The Morgan fingerprint density at radius 2 is 2.36 bits per heavy atom. The molecule has 0 fully saturated rings. The maximum Gasteiger partial charge on any atom is 0.233 e. The van der Waals surface area contributed by atoms with Crippen molar-refractivity contribution in [1.82, 2.24) is 15.6 Å². The van der Waals surface area contributed by atoms with E-state index in [0.29, 0.717) is 13.1 Å². The lowest BCUT2D eigenvalue weighted by Gasteiger charge is -2.03. The van der Waals surface area contributed by atoms with Gasteiger partial charge in [0.2, 0.25) is 5.91 Å². The Morgan fingerprint density at radius 1 is 1.57 bits per heavy atom. The van der Waals surface area contributed by atoms with E-state index in [4.69, 9.17) is 0 Å². The maximum absolute atomic E-state index is 10.9. The number of aromatic nitrogens is 1. The largest absolute Gasteiger partial charge is 0.358 e. The van der Waals surface area contributed by atoms with E-state index >= 15 is 0 Å². The number of carbonyl (C=O) groups is 1. The Bertz CT molecular complexity index is 317. The van der Waals surface area contributed by atoms with Gasteiger partial charge in [0.05, 0.1) is 12.2 Å².